The molecule has 0 unspecified atom stereocenters. The lowest BCUT2D eigenvalue weighted by molar-refractivity contribution is 0.0941. The van der Waals surface area contributed by atoms with Crippen molar-refractivity contribution < 1.29 is 19.0 Å². The lowest BCUT2D eigenvalue weighted by atomic mass is 10.1. The molecule has 0 atom stereocenters. The van der Waals surface area contributed by atoms with Crippen molar-refractivity contribution >= 4 is 18.3 Å². The number of amides is 1. The fraction of sp³-hybridized carbons (Fsp3) is 0.500. The van der Waals surface area contributed by atoms with Gasteiger partial charge in [-0.1, -0.05) is 5.21 Å². The molecular formula is C18H24ClN5O4. The van der Waals surface area contributed by atoms with Crippen LogP contribution < -0.4 is 24.8 Å². The maximum atomic E-state index is 12.4. The van der Waals surface area contributed by atoms with E-state index >= 15 is 0 Å². The fourth-order valence-electron chi connectivity index (χ4n) is 3.33. The van der Waals surface area contributed by atoms with Crippen LogP contribution in [0.25, 0.3) is 0 Å². The van der Waals surface area contributed by atoms with Gasteiger partial charge in [0.05, 0.1) is 18.3 Å². The molecule has 9 nitrogen and oxygen atoms in total. The number of nitrogens with one attached hydrogen (secondary N) is 2. The summed E-state index contributed by atoms with van der Waals surface area (Å²) < 4.78 is 18.1. The summed E-state index contributed by atoms with van der Waals surface area (Å²) in [6, 6.07) is 5.69. The van der Waals surface area contributed by atoms with Gasteiger partial charge in [-0.25, -0.2) is 4.68 Å². The van der Waals surface area contributed by atoms with E-state index in [9.17, 15) is 4.79 Å². The maximum absolute atomic E-state index is 12.4. The van der Waals surface area contributed by atoms with Gasteiger partial charge in [-0.2, -0.15) is 0 Å². The molecule has 0 bridgehead atoms. The van der Waals surface area contributed by atoms with Crippen LogP contribution in [0.2, 0.25) is 0 Å². The second kappa shape index (κ2) is 9.11. The minimum Gasteiger partial charge on any atom is -0.492 e. The van der Waals surface area contributed by atoms with Crippen LogP contribution >= 0.6 is 12.4 Å². The molecule has 0 aliphatic carbocycles. The smallest absolute Gasteiger partial charge is 0.273 e. The Morgan fingerprint density at radius 2 is 2.11 bits per heavy atom. The van der Waals surface area contributed by atoms with Crippen LogP contribution in [0.5, 0.6) is 17.2 Å². The van der Waals surface area contributed by atoms with E-state index in [1.165, 1.54) is 0 Å². The molecule has 0 spiro atoms. The van der Waals surface area contributed by atoms with Crippen LogP contribution in [-0.2, 0) is 0 Å². The molecule has 4 rings (SSSR count). The minimum atomic E-state index is -0.234. The molecule has 28 heavy (non-hydrogen) atoms. The summed E-state index contributed by atoms with van der Waals surface area (Å²) in [6.45, 7) is 4.75. The van der Waals surface area contributed by atoms with Gasteiger partial charge in [-0.05, 0) is 45.0 Å². The Kier molecular flexibility index (Phi) is 6.58. The van der Waals surface area contributed by atoms with Crippen molar-refractivity contribution in [3.8, 4) is 17.2 Å². The van der Waals surface area contributed by atoms with E-state index < -0.39 is 0 Å². The number of ether oxygens (including phenoxy) is 3. The molecule has 1 amide bonds. The third-order valence-corrected chi connectivity index (χ3v) is 4.80. The molecule has 1 fully saturated rings. The van der Waals surface area contributed by atoms with Gasteiger partial charge in [0, 0.05) is 6.07 Å². The van der Waals surface area contributed by atoms with Gasteiger partial charge in [0.2, 0.25) is 6.79 Å². The van der Waals surface area contributed by atoms with E-state index in [1.807, 2.05) is 17.7 Å². The second-order valence-corrected chi connectivity index (χ2v) is 6.57. The van der Waals surface area contributed by atoms with Crippen molar-refractivity contribution in [1.82, 2.24) is 25.6 Å². The third-order valence-electron chi connectivity index (χ3n) is 4.80. The first-order valence-corrected chi connectivity index (χ1v) is 9.15. The van der Waals surface area contributed by atoms with Crippen molar-refractivity contribution in [2.45, 2.75) is 25.8 Å². The van der Waals surface area contributed by atoms with Crippen LogP contribution in [0.1, 0.15) is 35.1 Å². The number of carbonyl (C=O) groups is 1. The Labute approximate surface area is 169 Å². The average molecular weight is 410 g/mol. The highest BCUT2D eigenvalue weighted by Gasteiger charge is 2.22. The number of fused-ring (bicyclic) bond motifs is 1. The molecule has 0 radical (unpaired) electrons. The molecule has 1 saturated heterocycles. The number of nitrogens with zero attached hydrogens (tertiary/aromatic N) is 3. The van der Waals surface area contributed by atoms with E-state index in [0.29, 0.717) is 42.1 Å². The number of hydrogen-bond acceptors (Lipinski definition) is 7. The zero-order valence-electron chi connectivity index (χ0n) is 15.6. The highest BCUT2D eigenvalue weighted by atomic mass is 35.5. The zero-order valence-corrected chi connectivity index (χ0v) is 16.5. The van der Waals surface area contributed by atoms with Gasteiger partial charge < -0.3 is 24.8 Å². The van der Waals surface area contributed by atoms with E-state index in [-0.39, 0.29) is 25.1 Å². The van der Waals surface area contributed by atoms with E-state index in [2.05, 4.69) is 20.9 Å². The molecule has 1 aromatic heterocycles. The zero-order chi connectivity index (χ0) is 18.6. The predicted molar refractivity (Wildman–Crippen MR) is 104 cm³/mol. The summed E-state index contributed by atoms with van der Waals surface area (Å²) >= 11 is 0. The molecule has 2 aromatic rings. The van der Waals surface area contributed by atoms with Gasteiger partial charge in [0.25, 0.3) is 5.91 Å². The number of aromatic nitrogens is 3. The molecule has 3 heterocycles. The number of carbonyl (C=O) groups excluding carboxylic acids is 1. The molecule has 152 valence electrons. The summed E-state index contributed by atoms with van der Waals surface area (Å²) in [4.78, 5) is 12.4. The molecule has 0 saturated carbocycles. The fourth-order valence-corrected chi connectivity index (χ4v) is 3.33. The maximum Gasteiger partial charge on any atom is 0.273 e. The Hall–Kier alpha value is -2.52. The van der Waals surface area contributed by atoms with Crippen molar-refractivity contribution in [3.05, 3.63) is 29.6 Å². The predicted octanol–water partition coefficient (Wildman–Crippen LogP) is 1.47. The van der Waals surface area contributed by atoms with Crippen molar-refractivity contribution in [2.24, 2.45) is 0 Å². The van der Waals surface area contributed by atoms with Crippen molar-refractivity contribution in [3.63, 3.8) is 0 Å². The molecule has 10 heteroatoms. The van der Waals surface area contributed by atoms with Crippen molar-refractivity contribution in [2.75, 3.05) is 33.0 Å². The SMILES string of the molecule is Cc1c(C(=O)NCCOc2ccc3c(c2)OCO3)nnn1C1CCNCC1.Cl. The van der Waals surface area contributed by atoms with Gasteiger partial charge in [-0.15, -0.1) is 17.5 Å². The first kappa shape index (κ1) is 20.2. The number of halogens is 1. The molecule has 1 aromatic carbocycles. The molecular weight excluding hydrogens is 386 g/mol. The van der Waals surface area contributed by atoms with E-state index in [4.69, 9.17) is 14.2 Å². The Bertz CT molecular complexity index is 822. The number of rotatable bonds is 6. The van der Waals surface area contributed by atoms with Gasteiger partial charge in [0.15, 0.2) is 17.2 Å². The Balaban J connectivity index is 0.00000225. The molecule has 2 aliphatic heterocycles. The summed E-state index contributed by atoms with van der Waals surface area (Å²) in [7, 11) is 0. The summed E-state index contributed by atoms with van der Waals surface area (Å²) in [5, 5.41) is 14.4. The first-order chi connectivity index (χ1) is 13.2. The van der Waals surface area contributed by atoms with Crippen LogP contribution in [0.15, 0.2) is 18.2 Å². The molecule has 2 aliphatic rings. The van der Waals surface area contributed by atoms with Crippen LogP contribution in [0.4, 0.5) is 0 Å². The minimum absolute atomic E-state index is 0. The lowest BCUT2D eigenvalue weighted by Crippen LogP contribution is -2.31. The Morgan fingerprint density at radius 1 is 1.32 bits per heavy atom. The third kappa shape index (κ3) is 4.31. The highest BCUT2D eigenvalue weighted by molar-refractivity contribution is 5.93. The topological polar surface area (TPSA) is 99.5 Å². The van der Waals surface area contributed by atoms with Crippen LogP contribution in [0.3, 0.4) is 0 Å². The van der Waals surface area contributed by atoms with Gasteiger partial charge >= 0.3 is 0 Å². The number of piperidine rings is 1. The summed E-state index contributed by atoms with van der Waals surface area (Å²) in [5.41, 5.74) is 1.17. The van der Waals surface area contributed by atoms with Crippen LogP contribution in [0, 0.1) is 6.92 Å². The van der Waals surface area contributed by atoms with Gasteiger partial charge in [0.1, 0.15) is 12.4 Å². The normalized spacial score (nSPS) is 15.8. The summed E-state index contributed by atoms with van der Waals surface area (Å²) in [6.07, 6.45) is 1.99. The van der Waals surface area contributed by atoms with E-state index in [0.717, 1.165) is 31.6 Å². The lowest BCUT2D eigenvalue weighted by Gasteiger charge is -2.23. The number of benzene rings is 1. The van der Waals surface area contributed by atoms with Crippen LogP contribution in [-0.4, -0.2) is 53.9 Å². The first-order valence-electron chi connectivity index (χ1n) is 9.15. The molecule has 2 N–H and O–H groups in total. The Morgan fingerprint density at radius 3 is 2.93 bits per heavy atom. The monoisotopic (exact) mass is 409 g/mol. The average Bonchev–Trinajstić information content (AvgIpc) is 3.31. The number of hydrogen-bond donors (Lipinski definition) is 2. The standard InChI is InChI=1S/C18H23N5O4.ClH/c1-12-17(21-22-23(12)13-4-6-19-7-5-13)18(24)20-8-9-25-14-2-3-15-16(10-14)27-11-26-15;/h2-3,10,13,19H,4-9,11H2,1H3,(H,20,24);1H. The largest absolute Gasteiger partial charge is 0.492 e. The quantitative estimate of drug-likeness (QED) is 0.697. The summed E-state index contributed by atoms with van der Waals surface area (Å²) in [5.74, 6) is 1.81. The van der Waals surface area contributed by atoms with E-state index in [1.54, 1.807) is 12.1 Å². The highest BCUT2D eigenvalue weighted by Crippen LogP contribution is 2.35. The second-order valence-electron chi connectivity index (χ2n) is 6.57. The van der Waals surface area contributed by atoms with Crippen molar-refractivity contribution in [1.29, 1.82) is 0 Å². The van der Waals surface area contributed by atoms with Gasteiger partial charge in [-0.3, -0.25) is 4.79 Å².